The summed E-state index contributed by atoms with van der Waals surface area (Å²) < 4.78 is 28.0. The Labute approximate surface area is 168 Å². The van der Waals surface area contributed by atoms with Gasteiger partial charge in [-0.15, -0.1) is 0 Å². The van der Waals surface area contributed by atoms with Crippen molar-refractivity contribution in [3.8, 4) is 6.07 Å². The minimum absolute atomic E-state index is 0.0469. The van der Waals surface area contributed by atoms with Crippen LogP contribution in [0.5, 0.6) is 0 Å². The lowest BCUT2D eigenvalue weighted by Crippen LogP contribution is -2.50. The summed E-state index contributed by atoms with van der Waals surface area (Å²) in [6.07, 6.45) is 0.934. The largest absolute Gasteiger partial charge is 0.481 e. The van der Waals surface area contributed by atoms with Gasteiger partial charge in [0.25, 0.3) is 0 Å². The van der Waals surface area contributed by atoms with E-state index in [2.05, 4.69) is 4.72 Å². The van der Waals surface area contributed by atoms with Crippen molar-refractivity contribution in [3.63, 3.8) is 0 Å². The Hall–Kier alpha value is -2.96. The zero-order valence-electron chi connectivity index (χ0n) is 15.6. The normalized spacial score (nSPS) is 14.9. The summed E-state index contributed by atoms with van der Waals surface area (Å²) in [6, 6.07) is 12.2. The van der Waals surface area contributed by atoms with E-state index in [1.807, 2.05) is 18.2 Å². The van der Waals surface area contributed by atoms with E-state index in [9.17, 15) is 23.1 Å². The molecule has 1 atom stereocenters. The molecule has 152 valence electrons. The molecule has 1 fully saturated rings. The molecular weight excluding hydrogens is 394 g/mol. The molecule has 1 aliphatic rings. The molecule has 29 heavy (non-hydrogen) atoms. The van der Waals surface area contributed by atoms with E-state index in [1.165, 1.54) is 17.0 Å². The highest BCUT2D eigenvalue weighted by molar-refractivity contribution is 7.89. The Bertz CT molecular complexity index is 1070. The van der Waals surface area contributed by atoms with Crippen molar-refractivity contribution in [1.82, 2.24) is 9.62 Å². The maximum absolute atomic E-state index is 12.9. The number of aliphatic carboxylic acids is 1. The highest BCUT2D eigenvalue weighted by Gasteiger charge is 2.38. The van der Waals surface area contributed by atoms with Crippen molar-refractivity contribution in [2.75, 3.05) is 6.54 Å². The number of sulfonamides is 1. The Morgan fingerprint density at radius 3 is 2.52 bits per heavy atom. The molecule has 0 unspecified atom stereocenters. The molecule has 2 N–H and O–H groups in total. The molecule has 8 nitrogen and oxygen atoms in total. The van der Waals surface area contributed by atoms with Crippen LogP contribution in [0.2, 0.25) is 0 Å². The first-order valence-electron chi connectivity index (χ1n) is 9.22. The van der Waals surface area contributed by atoms with Gasteiger partial charge in [-0.05, 0) is 35.7 Å². The van der Waals surface area contributed by atoms with E-state index in [4.69, 9.17) is 5.26 Å². The number of benzene rings is 2. The number of nitriles is 1. The van der Waals surface area contributed by atoms with E-state index in [0.29, 0.717) is 5.39 Å². The van der Waals surface area contributed by atoms with Gasteiger partial charge in [-0.2, -0.15) is 9.98 Å². The van der Waals surface area contributed by atoms with Gasteiger partial charge >= 0.3 is 5.97 Å². The van der Waals surface area contributed by atoms with Crippen molar-refractivity contribution >= 4 is 32.7 Å². The zero-order valence-corrected chi connectivity index (χ0v) is 16.4. The summed E-state index contributed by atoms with van der Waals surface area (Å²) in [5, 5.41) is 19.6. The lowest BCUT2D eigenvalue weighted by atomic mass is 10.1. The Morgan fingerprint density at radius 1 is 1.21 bits per heavy atom. The SMILES string of the molecule is N#CCCN(C(=O)[C@H](CC(=O)O)NS(=O)(=O)c1ccc2ccccc2c1)C1CC1. The summed E-state index contributed by atoms with van der Waals surface area (Å²) in [4.78, 5) is 25.6. The number of rotatable bonds is 9. The third kappa shape index (κ3) is 5.10. The molecule has 0 radical (unpaired) electrons. The third-order valence-electron chi connectivity index (χ3n) is 4.74. The fourth-order valence-electron chi connectivity index (χ4n) is 3.17. The van der Waals surface area contributed by atoms with Gasteiger partial charge in [-0.3, -0.25) is 9.59 Å². The smallest absolute Gasteiger partial charge is 0.305 e. The number of nitrogens with zero attached hydrogens (tertiary/aromatic N) is 2. The molecule has 0 spiro atoms. The van der Waals surface area contributed by atoms with Crippen LogP contribution in [0.3, 0.4) is 0 Å². The molecule has 1 aliphatic carbocycles. The molecule has 1 amide bonds. The fourth-order valence-corrected chi connectivity index (χ4v) is 4.40. The van der Waals surface area contributed by atoms with E-state index in [1.54, 1.807) is 18.2 Å². The van der Waals surface area contributed by atoms with Crippen LogP contribution in [0, 0.1) is 11.3 Å². The number of hydrogen-bond donors (Lipinski definition) is 2. The number of hydrogen-bond acceptors (Lipinski definition) is 5. The molecule has 0 saturated heterocycles. The Kier molecular flexibility index (Phi) is 6.15. The van der Waals surface area contributed by atoms with E-state index in [-0.39, 0.29) is 23.9 Å². The molecule has 3 rings (SSSR count). The van der Waals surface area contributed by atoms with E-state index in [0.717, 1.165) is 18.2 Å². The first-order chi connectivity index (χ1) is 13.8. The predicted molar refractivity (Wildman–Crippen MR) is 105 cm³/mol. The topological polar surface area (TPSA) is 128 Å². The minimum atomic E-state index is -4.13. The summed E-state index contributed by atoms with van der Waals surface area (Å²) in [7, 11) is -4.13. The van der Waals surface area contributed by atoms with Crippen molar-refractivity contribution in [3.05, 3.63) is 42.5 Å². The number of carboxylic acids is 1. The molecule has 0 aliphatic heterocycles. The quantitative estimate of drug-likeness (QED) is 0.643. The molecule has 0 aromatic heterocycles. The molecule has 1 saturated carbocycles. The van der Waals surface area contributed by atoms with Crippen LogP contribution in [0.4, 0.5) is 0 Å². The van der Waals surface area contributed by atoms with Crippen molar-refractivity contribution < 1.29 is 23.1 Å². The third-order valence-corrected chi connectivity index (χ3v) is 6.21. The number of carbonyl (C=O) groups is 2. The molecule has 0 heterocycles. The van der Waals surface area contributed by atoms with Gasteiger partial charge in [0.15, 0.2) is 0 Å². The highest BCUT2D eigenvalue weighted by Crippen LogP contribution is 2.28. The van der Waals surface area contributed by atoms with Crippen LogP contribution in [-0.2, 0) is 19.6 Å². The van der Waals surface area contributed by atoms with Crippen LogP contribution in [-0.4, -0.2) is 48.9 Å². The van der Waals surface area contributed by atoms with Gasteiger partial charge in [0.1, 0.15) is 6.04 Å². The fraction of sp³-hybridized carbons (Fsp3) is 0.350. The second kappa shape index (κ2) is 8.59. The summed E-state index contributed by atoms with van der Waals surface area (Å²) in [5.41, 5.74) is 0. The minimum Gasteiger partial charge on any atom is -0.481 e. The van der Waals surface area contributed by atoms with Gasteiger partial charge < -0.3 is 10.0 Å². The Balaban J connectivity index is 1.86. The van der Waals surface area contributed by atoms with Gasteiger partial charge in [0.2, 0.25) is 15.9 Å². The van der Waals surface area contributed by atoms with Gasteiger partial charge in [-0.25, -0.2) is 8.42 Å². The standard InChI is InChI=1S/C20H21N3O5S/c21-10-3-11-23(16-7-8-16)20(26)18(13-19(24)25)22-29(27,28)17-9-6-14-4-1-2-5-15(14)12-17/h1-2,4-6,9,12,16,18,22H,3,7-8,11,13H2,(H,24,25)/t18-/m0/s1. The second-order valence-corrected chi connectivity index (χ2v) is 8.67. The zero-order chi connectivity index (χ0) is 21.0. The van der Waals surface area contributed by atoms with Crippen LogP contribution < -0.4 is 4.72 Å². The first-order valence-corrected chi connectivity index (χ1v) is 10.7. The summed E-state index contributed by atoms with van der Waals surface area (Å²) in [6.45, 7) is 0.147. The van der Waals surface area contributed by atoms with Crippen molar-refractivity contribution in [1.29, 1.82) is 5.26 Å². The maximum Gasteiger partial charge on any atom is 0.305 e. The summed E-state index contributed by atoms with van der Waals surface area (Å²) in [5.74, 6) is -1.91. The molecule has 2 aromatic carbocycles. The number of nitrogens with one attached hydrogen (secondary N) is 1. The van der Waals surface area contributed by atoms with Gasteiger partial charge in [0.05, 0.1) is 23.8 Å². The van der Waals surface area contributed by atoms with Crippen molar-refractivity contribution in [2.45, 2.75) is 42.7 Å². The number of carbonyl (C=O) groups excluding carboxylic acids is 1. The Morgan fingerprint density at radius 2 is 1.90 bits per heavy atom. The van der Waals surface area contributed by atoms with Gasteiger partial charge in [-0.1, -0.05) is 30.3 Å². The first kappa shape index (κ1) is 20.8. The number of amides is 1. The number of carboxylic acid groups (broad SMARTS) is 1. The molecule has 2 aromatic rings. The van der Waals surface area contributed by atoms with Gasteiger partial charge in [0, 0.05) is 12.6 Å². The monoisotopic (exact) mass is 415 g/mol. The second-order valence-electron chi connectivity index (χ2n) is 6.95. The van der Waals surface area contributed by atoms with E-state index >= 15 is 0 Å². The lowest BCUT2D eigenvalue weighted by molar-refractivity contribution is -0.142. The van der Waals surface area contributed by atoms with Crippen LogP contribution >= 0.6 is 0 Å². The van der Waals surface area contributed by atoms with Crippen LogP contribution in [0.1, 0.15) is 25.7 Å². The van der Waals surface area contributed by atoms with Crippen molar-refractivity contribution in [2.24, 2.45) is 0 Å². The molecule has 0 bridgehead atoms. The lowest BCUT2D eigenvalue weighted by Gasteiger charge is -2.26. The number of fused-ring (bicyclic) bond motifs is 1. The van der Waals surface area contributed by atoms with E-state index < -0.39 is 34.4 Å². The van der Waals surface area contributed by atoms with Crippen LogP contribution in [0.15, 0.2) is 47.4 Å². The predicted octanol–water partition coefficient (Wildman–Crippen LogP) is 1.87. The van der Waals surface area contributed by atoms with Crippen LogP contribution in [0.25, 0.3) is 10.8 Å². The average Bonchev–Trinajstić information content (AvgIpc) is 3.52. The molecule has 9 heteroatoms. The highest BCUT2D eigenvalue weighted by atomic mass is 32.2. The average molecular weight is 415 g/mol. The summed E-state index contributed by atoms with van der Waals surface area (Å²) >= 11 is 0. The molecular formula is C20H21N3O5S. The maximum atomic E-state index is 12.9.